The topological polar surface area (TPSA) is 78.4 Å². The molecule has 0 atom stereocenters. The highest BCUT2D eigenvalue weighted by molar-refractivity contribution is 9.10. The average Bonchev–Trinajstić information content (AvgIpc) is 2.26. The van der Waals surface area contributed by atoms with Gasteiger partial charge in [-0.05, 0) is 43.5 Å². The molecular weight excluding hydrogens is 312 g/mol. The lowest BCUT2D eigenvalue weighted by molar-refractivity contribution is -0.137. The number of carbonyl (C=O) groups is 2. The van der Waals surface area contributed by atoms with Crippen molar-refractivity contribution in [2.75, 3.05) is 11.9 Å². The van der Waals surface area contributed by atoms with Crippen molar-refractivity contribution in [1.29, 1.82) is 0 Å². The van der Waals surface area contributed by atoms with Crippen LogP contribution in [0.25, 0.3) is 0 Å². The molecular formula is C13H17BrN2O3. The van der Waals surface area contributed by atoms with Gasteiger partial charge in [0.25, 0.3) is 0 Å². The van der Waals surface area contributed by atoms with E-state index in [-0.39, 0.29) is 12.5 Å². The van der Waals surface area contributed by atoms with Gasteiger partial charge in [-0.2, -0.15) is 0 Å². The molecule has 0 unspecified atom stereocenters. The smallest absolute Gasteiger partial charge is 0.319 e. The molecule has 0 aliphatic carbocycles. The molecule has 0 aliphatic rings. The first-order valence-corrected chi connectivity index (χ1v) is 6.80. The van der Waals surface area contributed by atoms with Gasteiger partial charge in [0.2, 0.25) is 0 Å². The van der Waals surface area contributed by atoms with Gasteiger partial charge in [0.15, 0.2) is 0 Å². The molecule has 2 amide bonds. The Labute approximate surface area is 120 Å². The number of unbranched alkanes of at least 4 members (excludes halogenated alkanes) is 1. The van der Waals surface area contributed by atoms with E-state index in [1.165, 1.54) is 0 Å². The number of benzene rings is 1. The van der Waals surface area contributed by atoms with Crippen LogP contribution in [-0.4, -0.2) is 23.7 Å². The first-order valence-electron chi connectivity index (χ1n) is 6.01. The fraction of sp³-hybridized carbons (Fsp3) is 0.385. The Kier molecular flexibility index (Phi) is 6.35. The molecule has 1 rings (SSSR count). The standard InChI is InChI=1S/C13H17BrN2O3/c1-9-6-10(14)8-11(7-9)16-13(19)15-5-3-2-4-12(17)18/h6-8H,2-5H2,1H3,(H,17,18)(H2,15,16,19). The molecule has 3 N–H and O–H groups in total. The van der Waals surface area contributed by atoms with Crippen LogP contribution in [0.2, 0.25) is 0 Å². The number of urea groups is 1. The van der Waals surface area contributed by atoms with Gasteiger partial charge in [0, 0.05) is 23.1 Å². The van der Waals surface area contributed by atoms with Gasteiger partial charge in [0.1, 0.15) is 0 Å². The van der Waals surface area contributed by atoms with Crippen LogP contribution in [0.1, 0.15) is 24.8 Å². The summed E-state index contributed by atoms with van der Waals surface area (Å²) in [6.45, 7) is 2.41. The SMILES string of the molecule is Cc1cc(Br)cc(NC(=O)NCCCCC(=O)O)c1. The summed E-state index contributed by atoms with van der Waals surface area (Å²) in [7, 11) is 0. The van der Waals surface area contributed by atoms with E-state index in [1.807, 2.05) is 25.1 Å². The van der Waals surface area contributed by atoms with Crippen molar-refractivity contribution in [1.82, 2.24) is 5.32 Å². The first-order chi connectivity index (χ1) is 8.97. The lowest BCUT2D eigenvalue weighted by Gasteiger charge is -2.08. The number of carboxylic acids is 1. The number of hydrogen-bond acceptors (Lipinski definition) is 2. The zero-order valence-electron chi connectivity index (χ0n) is 10.7. The molecule has 5 nitrogen and oxygen atoms in total. The fourth-order valence-corrected chi connectivity index (χ4v) is 2.19. The normalized spacial score (nSPS) is 10.0. The number of hydrogen-bond donors (Lipinski definition) is 3. The summed E-state index contributed by atoms with van der Waals surface area (Å²) in [5, 5.41) is 13.9. The maximum atomic E-state index is 11.6. The van der Waals surface area contributed by atoms with E-state index in [0.717, 1.165) is 15.7 Å². The van der Waals surface area contributed by atoms with Gasteiger partial charge in [-0.15, -0.1) is 0 Å². The molecule has 19 heavy (non-hydrogen) atoms. The van der Waals surface area contributed by atoms with E-state index in [2.05, 4.69) is 26.6 Å². The lowest BCUT2D eigenvalue weighted by Crippen LogP contribution is -2.29. The highest BCUT2D eigenvalue weighted by Crippen LogP contribution is 2.18. The predicted molar refractivity (Wildman–Crippen MR) is 77.4 cm³/mol. The minimum absolute atomic E-state index is 0.133. The molecule has 0 aromatic heterocycles. The minimum atomic E-state index is -0.811. The zero-order chi connectivity index (χ0) is 14.3. The number of aliphatic carboxylic acids is 1. The monoisotopic (exact) mass is 328 g/mol. The lowest BCUT2D eigenvalue weighted by atomic mass is 10.2. The van der Waals surface area contributed by atoms with Gasteiger partial charge in [0.05, 0.1) is 0 Å². The summed E-state index contributed by atoms with van der Waals surface area (Å²) >= 11 is 3.36. The van der Waals surface area contributed by atoms with Crippen LogP contribution in [0.4, 0.5) is 10.5 Å². The van der Waals surface area contributed by atoms with Crippen LogP contribution in [0.3, 0.4) is 0 Å². The number of amides is 2. The maximum absolute atomic E-state index is 11.6. The number of anilines is 1. The molecule has 0 saturated carbocycles. The molecule has 1 aromatic carbocycles. The molecule has 6 heteroatoms. The van der Waals surface area contributed by atoms with Crippen LogP contribution in [-0.2, 0) is 4.79 Å². The molecule has 0 fully saturated rings. The highest BCUT2D eigenvalue weighted by atomic mass is 79.9. The second-order valence-corrected chi connectivity index (χ2v) is 5.16. The van der Waals surface area contributed by atoms with Crippen molar-refractivity contribution < 1.29 is 14.7 Å². The molecule has 0 saturated heterocycles. The molecule has 0 radical (unpaired) electrons. The average molecular weight is 329 g/mol. The van der Waals surface area contributed by atoms with E-state index < -0.39 is 5.97 Å². The zero-order valence-corrected chi connectivity index (χ0v) is 12.3. The highest BCUT2D eigenvalue weighted by Gasteiger charge is 2.03. The molecule has 0 heterocycles. The molecule has 1 aromatic rings. The van der Waals surface area contributed by atoms with Crippen LogP contribution in [0.5, 0.6) is 0 Å². The van der Waals surface area contributed by atoms with E-state index in [9.17, 15) is 9.59 Å². The third-order valence-electron chi connectivity index (χ3n) is 2.40. The number of carboxylic acid groups (broad SMARTS) is 1. The van der Waals surface area contributed by atoms with Crippen molar-refractivity contribution in [3.8, 4) is 0 Å². The number of rotatable bonds is 6. The van der Waals surface area contributed by atoms with Gasteiger partial charge >= 0.3 is 12.0 Å². The Hall–Kier alpha value is -1.56. The number of nitrogens with one attached hydrogen (secondary N) is 2. The molecule has 104 valence electrons. The summed E-state index contributed by atoms with van der Waals surface area (Å²) in [5.74, 6) is -0.811. The number of halogens is 1. The Bertz CT molecular complexity index is 443. The van der Waals surface area contributed by atoms with Gasteiger partial charge in [-0.1, -0.05) is 15.9 Å². The van der Waals surface area contributed by atoms with Crippen molar-refractivity contribution in [2.24, 2.45) is 0 Å². The van der Waals surface area contributed by atoms with Crippen molar-refractivity contribution in [3.05, 3.63) is 28.2 Å². The largest absolute Gasteiger partial charge is 0.481 e. The maximum Gasteiger partial charge on any atom is 0.319 e. The third kappa shape index (κ3) is 6.81. The summed E-state index contributed by atoms with van der Waals surface area (Å²) in [5.41, 5.74) is 1.76. The Morgan fingerprint density at radius 2 is 2.00 bits per heavy atom. The van der Waals surface area contributed by atoms with Crippen LogP contribution >= 0.6 is 15.9 Å². The van der Waals surface area contributed by atoms with E-state index in [0.29, 0.717) is 19.4 Å². The predicted octanol–water partition coefficient (Wildman–Crippen LogP) is 3.13. The van der Waals surface area contributed by atoms with Crippen molar-refractivity contribution in [2.45, 2.75) is 26.2 Å². The molecule has 0 spiro atoms. The summed E-state index contributed by atoms with van der Waals surface area (Å²) in [6.07, 6.45) is 1.34. The van der Waals surface area contributed by atoms with E-state index in [1.54, 1.807) is 0 Å². The second kappa shape index (κ2) is 7.78. The molecule has 0 aliphatic heterocycles. The minimum Gasteiger partial charge on any atom is -0.481 e. The van der Waals surface area contributed by atoms with Crippen LogP contribution in [0.15, 0.2) is 22.7 Å². The van der Waals surface area contributed by atoms with E-state index in [4.69, 9.17) is 5.11 Å². The Balaban J connectivity index is 2.29. The Morgan fingerprint density at radius 1 is 1.26 bits per heavy atom. The number of aryl methyl sites for hydroxylation is 1. The second-order valence-electron chi connectivity index (χ2n) is 4.25. The van der Waals surface area contributed by atoms with E-state index >= 15 is 0 Å². The van der Waals surface area contributed by atoms with Crippen LogP contribution in [0, 0.1) is 6.92 Å². The number of carbonyl (C=O) groups excluding carboxylic acids is 1. The third-order valence-corrected chi connectivity index (χ3v) is 2.86. The fourth-order valence-electron chi connectivity index (χ4n) is 1.59. The van der Waals surface area contributed by atoms with Gasteiger partial charge < -0.3 is 15.7 Å². The Morgan fingerprint density at radius 3 is 2.63 bits per heavy atom. The summed E-state index contributed by atoms with van der Waals surface area (Å²) in [6, 6.07) is 5.36. The summed E-state index contributed by atoms with van der Waals surface area (Å²) in [4.78, 5) is 21.9. The summed E-state index contributed by atoms with van der Waals surface area (Å²) < 4.78 is 0.907. The molecule has 0 bridgehead atoms. The first kappa shape index (κ1) is 15.5. The van der Waals surface area contributed by atoms with Gasteiger partial charge in [-0.3, -0.25) is 4.79 Å². The van der Waals surface area contributed by atoms with Crippen molar-refractivity contribution in [3.63, 3.8) is 0 Å². The van der Waals surface area contributed by atoms with Crippen LogP contribution < -0.4 is 10.6 Å². The van der Waals surface area contributed by atoms with Crippen molar-refractivity contribution >= 4 is 33.6 Å². The van der Waals surface area contributed by atoms with Gasteiger partial charge in [-0.25, -0.2) is 4.79 Å². The quantitative estimate of drug-likeness (QED) is 0.702.